The molecule has 2 aromatic carbocycles. The van der Waals surface area contributed by atoms with Crippen LogP contribution >= 0.6 is 39.1 Å². The van der Waals surface area contributed by atoms with E-state index >= 15 is 0 Å². The van der Waals surface area contributed by atoms with Crippen LogP contribution in [0.3, 0.4) is 0 Å². The largest absolute Gasteiger partial charge is 0.506 e. The summed E-state index contributed by atoms with van der Waals surface area (Å²) >= 11 is 14.8. The summed E-state index contributed by atoms with van der Waals surface area (Å²) in [6.07, 6.45) is 1.31. The van der Waals surface area contributed by atoms with Gasteiger partial charge in [-0.25, -0.2) is 5.43 Å². The molecule has 2 aromatic rings. The van der Waals surface area contributed by atoms with Crippen molar-refractivity contribution < 1.29 is 9.90 Å². The van der Waals surface area contributed by atoms with E-state index in [1.807, 2.05) is 0 Å². The predicted octanol–water partition coefficient (Wildman–Crippen LogP) is 4.23. The number of carbonyl (C=O) groups is 1. The van der Waals surface area contributed by atoms with Gasteiger partial charge < -0.3 is 5.11 Å². The second kappa shape index (κ2) is 6.93. The fourth-order valence-electron chi connectivity index (χ4n) is 1.51. The molecule has 0 saturated carbocycles. The minimum atomic E-state index is -0.386. The number of carbonyl (C=O) groups excluding carboxylic acids is 1. The maximum Gasteiger partial charge on any atom is 0.271 e. The molecule has 0 fully saturated rings. The second-order valence-electron chi connectivity index (χ2n) is 4.03. The minimum Gasteiger partial charge on any atom is -0.506 e. The maximum absolute atomic E-state index is 11.8. The smallest absolute Gasteiger partial charge is 0.271 e. The van der Waals surface area contributed by atoms with Crippen LogP contribution in [-0.2, 0) is 0 Å². The minimum absolute atomic E-state index is 0.107. The lowest BCUT2D eigenvalue weighted by molar-refractivity contribution is 0.0955. The summed E-state index contributed by atoms with van der Waals surface area (Å²) in [4.78, 5) is 11.8. The number of hydrogen-bond acceptors (Lipinski definition) is 3. The van der Waals surface area contributed by atoms with Crippen molar-refractivity contribution >= 4 is 51.3 Å². The summed E-state index contributed by atoms with van der Waals surface area (Å²) in [6.45, 7) is 0. The van der Waals surface area contributed by atoms with E-state index in [0.717, 1.165) is 0 Å². The van der Waals surface area contributed by atoms with Crippen LogP contribution < -0.4 is 5.43 Å². The van der Waals surface area contributed by atoms with Crippen LogP contribution in [0.1, 0.15) is 15.9 Å². The summed E-state index contributed by atoms with van der Waals surface area (Å²) in [7, 11) is 0. The Bertz CT molecular complexity index is 703. The van der Waals surface area contributed by atoms with Crippen molar-refractivity contribution in [3.05, 3.63) is 62.0 Å². The first-order valence-corrected chi connectivity index (χ1v) is 7.29. The Morgan fingerprint density at radius 2 is 1.90 bits per heavy atom. The molecule has 0 aromatic heterocycles. The molecule has 0 spiro atoms. The fourth-order valence-corrected chi connectivity index (χ4v) is 2.47. The SMILES string of the molecule is O=C(N/N=C\c1cc(Br)cc(Cl)c1O)c1ccc(Cl)cc1. The van der Waals surface area contributed by atoms with Gasteiger partial charge in [-0.05, 0) is 36.4 Å². The number of halogens is 3. The normalized spacial score (nSPS) is 10.8. The lowest BCUT2D eigenvalue weighted by atomic mass is 10.2. The number of hydrogen-bond donors (Lipinski definition) is 2. The molecule has 1 amide bonds. The Balaban J connectivity index is 2.09. The molecular weight excluding hydrogens is 379 g/mol. The Hall–Kier alpha value is -1.56. The van der Waals surface area contributed by atoms with E-state index in [0.29, 0.717) is 20.6 Å². The number of nitrogens with one attached hydrogen (secondary N) is 1. The van der Waals surface area contributed by atoms with Crippen molar-refractivity contribution in [3.8, 4) is 5.75 Å². The zero-order valence-electron chi connectivity index (χ0n) is 10.5. The molecule has 0 saturated heterocycles. The molecule has 21 heavy (non-hydrogen) atoms. The molecule has 108 valence electrons. The van der Waals surface area contributed by atoms with Crippen LogP contribution in [0.4, 0.5) is 0 Å². The fraction of sp³-hybridized carbons (Fsp3) is 0. The Morgan fingerprint density at radius 1 is 1.24 bits per heavy atom. The molecule has 2 rings (SSSR count). The van der Waals surface area contributed by atoms with Crippen LogP contribution in [0.5, 0.6) is 5.75 Å². The third kappa shape index (κ3) is 4.20. The van der Waals surface area contributed by atoms with Crippen LogP contribution in [0.25, 0.3) is 0 Å². The number of nitrogens with zero attached hydrogens (tertiary/aromatic N) is 1. The van der Waals surface area contributed by atoms with Crippen molar-refractivity contribution in [2.45, 2.75) is 0 Å². The zero-order valence-corrected chi connectivity index (χ0v) is 13.6. The first kappa shape index (κ1) is 15.8. The van der Waals surface area contributed by atoms with E-state index in [4.69, 9.17) is 23.2 Å². The average molecular weight is 388 g/mol. The first-order chi connectivity index (χ1) is 9.97. The molecule has 0 aliphatic rings. The molecule has 0 bridgehead atoms. The maximum atomic E-state index is 11.8. The lowest BCUT2D eigenvalue weighted by Gasteiger charge is -2.03. The predicted molar refractivity (Wildman–Crippen MR) is 87.3 cm³/mol. The van der Waals surface area contributed by atoms with Crippen LogP contribution in [0.2, 0.25) is 10.0 Å². The molecule has 0 heterocycles. The van der Waals surface area contributed by atoms with E-state index in [9.17, 15) is 9.90 Å². The van der Waals surface area contributed by atoms with Gasteiger partial charge in [-0.3, -0.25) is 4.79 Å². The highest BCUT2D eigenvalue weighted by molar-refractivity contribution is 9.10. The summed E-state index contributed by atoms with van der Waals surface area (Å²) in [5, 5.41) is 14.3. The average Bonchev–Trinajstić information content (AvgIpc) is 2.44. The number of hydrazone groups is 1. The number of phenols is 1. The van der Waals surface area contributed by atoms with Gasteiger partial charge in [0.25, 0.3) is 5.91 Å². The summed E-state index contributed by atoms with van der Waals surface area (Å²) in [5.41, 5.74) is 3.16. The van der Waals surface area contributed by atoms with Gasteiger partial charge in [-0.15, -0.1) is 0 Å². The van der Waals surface area contributed by atoms with Crippen LogP contribution in [0, 0.1) is 0 Å². The van der Waals surface area contributed by atoms with Gasteiger partial charge in [0.15, 0.2) is 0 Å². The Labute approximate surface area is 139 Å². The highest BCUT2D eigenvalue weighted by atomic mass is 79.9. The summed E-state index contributed by atoms with van der Waals surface area (Å²) in [6, 6.07) is 9.57. The van der Waals surface area contributed by atoms with E-state index in [2.05, 4.69) is 26.5 Å². The van der Waals surface area contributed by atoms with Crippen molar-refractivity contribution in [1.82, 2.24) is 5.43 Å². The van der Waals surface area contributed by atoms with Crippen LogP contribution in [0.15, 0.2) is 46.0 Å². The van der Waals surface area contributed by atoms with E-state index in [1.165, 1.54) is 6.21 Å². The van der Waals surface area contributed by atoms with Crippen LogP contribution in [-0.4, -0.2) is 17.2 Å². The van der Waals surface area contributed by atoms with E-state index in [-0.39, 0.29) is 16.7 Å². The molecule has 0 aliphatic carbocycles. The third-order valence-corrected chi connectivity index (χ3v) is 3.53. The second-order valence-corrected chi connectivity index (χ2v) is 5.79. The van der Waals surface area contributed by atoms with Gasteiger partial charge in [0.05, 0.1) is 11.2 Å². The molecule has 2 N–H and O–H groups in total. The topological polar surface area (TPSA) is 61.7 Å². The quantitative estimate of drug-likeness (QED) is 0.611. The van der Waals surface area contributed by atoms with E-state index < -0.39 is 0 Å². The van der Waals surface area contributed by atoms with Gasteiger partial charge in [0.1, 0.15) is 5.75 Å². The molecule has 0 aliphatic heterocycles. The van der Waals surface area contributed by atoms with E-state index in [1.54, 1.807) is 36.4 Å². The molecular formula is C14H9BrCl2N2O2. The van der Waals surface area contributed by atoms with Gasteiger partial charge in [0, 0.05) is 20.6 Å². The third-order valence-electron chi connectivity index (χ3n) is 2.53. The number of phenolic OH excluding ortho intramolecular Hbond substituents is 1. The van der Waals surface area contributed by atoms with Crippen molar-refractivity contribution in [2.75, 3.05) is 0 Å². The number of rotatable bonds is 3. The highest BCUT2D eigenvalue weighted by Gasteiger charge is 2.06. The number of aromatic hydroxyl groups is 1. The van der Waals surface area contributed by atoms with Crippen molar-refractivity contribution in [3.63, 3.8) is 0 Å². The van der Waals surface area contributed by atoms with Gasteiger partial charge in [-0.2, -0.15) is 5.10 Å². The summed E-state index contributed by atoms with van der Waals surface area (Å²) < 4.78 is 0.691. The van der Waals surface area contributed by atoms with Crippen molar-refractivity contribution in [2.24, 2.45) is 5.10 Å². The highest BCUT2D eigenvalue weighted by Crippen LogP contribution is 2.30. The Kier molecular flexibility index (Phi) is 5.22. The lowest BCUT2D eigenvalue weighted by Crippen LogP contribution is -2.17. The molecule has 7 heteroatoms. The van der Waals surface area contributed by atoms with Gasteiger partial charge in [0.2, 0.25) is 0 Å². The molecule has 0 unspecified atom stereocenters. The van der Waals surface area contributed by atoms with Gasteiger partial charge in [-0.1, -0.05) is 39.1 Å². The zero-order chi connectivity index (χ0) is 15.4. The number of amides is 1. The standard InChI is InChI=1S/C14H9BrCl2N2O2/c15-10-5-9(13(20)12(17)6-10)7-18-19-14(21)8-1-3-11(16)4-2-8/h1-7,20H,(H,19,21)/b18-7-. The summed E-state index contributed by atoms with van der Waals surface area (Å²) in [5.74, 6) is -0.493. The number of benzene rings is 2. The van der Waals surface area contributed by atoms with Crippen molar-refractivity contribution in [1.29, 1.82) is 0 Å². The molecule has 0 radical (unpaired) electrons. The molecule has 4 nitrogen and oxygen atoms in total. The van der Waals surface area contributed by atoms with Gasteiger partial charge >= 0.3 is 0 Å². The monoisotopic (exact) mass is 386 g/mol. The Morgan fingerprint density at radius 3 is 2.57 bits per heavy atom. The molecule has 0 atom stereocenters. The first-order valence-electron chi connectivity index (χ1n) is 5.74.